The number of rotatable bonds is 5. The van der Waals surface area contributed by atoms with Crippen molar-refractivity contribution >= 4 is 29.3 Å². The number of thioether (sulfide) groups is 1. The molecule has 4 nitrogen and oxygen atoms in total. The molecule has 1 atom stereocenters. The molecule has 1 aromatic heterocycles. The maximum Gasteiger partial charge on any atom is 0.240 e. The van der Waals surface area contributed by atoms with Gasteiger partial charge in [-0.2, -0.15) is 0 Å². The van der Waals surface area contributed by atoms with E-state index in [0.717, 1.165) is 16.4 Å². The van der Waals surface area contributed by atoms with E-state index in [-0.39, 0.29) is 11.2 Å². The van der Waals surface area contributed by atoms with Gasteiger partial charge in [0.05, 0.1) is 0 Å². The fourth-order valence-corrected chi connectivity index (χ4v) is 3.75. The first-order valence-electron chi connectivity index (χ1n) is 7.78. The molecule has 1 amide bonds. The Morgan fingerprint density at radius 2 is 1.80 bits per heavy atom. The molecular weight excluding hydrogens is 354 g/mol. The Hall–Kier alpha value is -2.24. The Balaban J connectivity index is 1.95. The van der Waals surface area contributed by atoms with E-state index in [0.29, 0.717) is 5.02 Å². The Morgan fingerprint density at radius 3 is 2.44 bits per heavy atom. The number of carbonyl (C=O) groups is 1. The van der Waals surface area contributed by atoms with Crippen LogP contribution in [-0.2, 0) is 4.79 Å². The second-order valence-corrected chi connectivity index (χ2v) is 7.21. The summed E-state index contributed by atoms with van der Waals surface area (Å²) in [6.07, 6.45) is 3.62. The van der Waals surface area contributed by atoms with Crippen molar-refractivity contribution in [2.24, 2.45) is 0 Å². The second-order valence-electron chi connectivity index (χ2n) is 5.70. The molecule has 2 aromatic carbocycles. The summed E-state index contributed by atoms with van der Waals surface area (Å²) in [5.41, 5.74) is 1.91. The molecule has 0 bridgehead atoms. The highest BCUT2D eigenvalue weighted by Crippen LogP contribution is 2.36. The van der Waals surface area contributed by atoms with Crippen LogP contribution in [0.4, 0.5) is 0 Å². The number of imidazole rings is 1. The van der Waals surface area contributed by atoms with Gasteiger partial charge in [0.2, 0.25) is 5.91 Å². The molecule has 25 heavy (non-hydrogen) atoms. The van der Waals surface area contributed by atoms with Gasteiger partial charge in [-0.1, -0.05) is 53.7 Å². The Bertz CT molecular complexity index is 847. The van der Waals surface area contributed by atoms with Gasteiger partial charge in [0.25, 0.3) is 0 Å². The van der Waals surface area contributed by atoms with Gasteiger partial charge in [0.15, 0.2) is 5.16 Å². The van der Waals surface area contributed by atoms with E-state index in [1.54, 1.807) is 25.2 Å². The maximum absolute atomic E-state index is 12.7. The van der Waals surface area contributed by atoms with Gasteiger partial charge in [-0.05, 0) is 29.8 Å². The van der Waals surface area contributed by atoms with Crippen molar-refractivity contribution in [2.45, 2.75) is 10.4 Å². The lowest BCUT2D eigenvalue weighted by molar-refractivity contribution is -0.128. The standard InChI is InChI=1S/C19H18ClN3OS/c1-22(2)18(24)17(14-6-4-3-5-7-14)25-19-21-12-13-23(19)16-10-8-15(20)9-11-16/h3-13,17H,1-2H3. The highest BCUT2D eigenvalue weighted by atomic mass is 35.5. The maximum atomic E-state index is 12.7. The Labute approximate surface area is 156 Å². The summed E-state index contributed by atoms with van der Waals surface area (Å²) in [6.45, 7) is 0. The number of amides is 1. The van der Waals surface area contributed by atoms with Crippen LogP contribution in [0.25, 0.3) is 5.69 Å². The third-order valence-electron chi connectivity index (χ3n) is 3.70. The normalized spacial score (nSPS) is 12.0. The number of nitrogens with zero attached hydrogens (tertiary/aromatic N) is 3. The van der Waals surface area contributed by atoms with Crippen LogP contribution >= 0.6 is 23.4 Å². The van der Waals surface area contributed by atoms with Gasteiger partial charge >= 0.3 is 0 Å². The molecule has 0 spiro atoms. The quantitative estimate of drug-likeness (QED) is 0.622. The van der Waals surface area contributed by atoms with E-state index in [9.17, 15) is 4.79 Å². The third kappa shape index (κ3) is 4.06. The first-order chi connectivity index (χ1) is 12.1. The first kappa shape index (κ1) is 17.6. The van der Waals surface area contributed by atoms with Crippen LogP contribution < -0.4 is 0 Å². The molecule has 0 radical (unpaired) electrons. The zero-order valence-corrected chi connectivity index (χ0v) is 15.5. The van der Waals surface area contributed by atoms with Gasteiger partial charge in [0, 0.05) is 37.2 Å². The number of hydrogen-bond acceptors (Lipinski definition) is 3. The number of halogens is 1. The minimum atomic E-state index is -0.357. The molecular formula is C19H18ClN3OS. The molecule has 0 aliphatic rings. The summed E-state index contributed by atoms with van der Waals surface area (Å²) in [7, 11) is 3.54. The summed E-state index contributed by atoms with van der Waals surface area (Å²) in [6, 6.07) is 17.3. The highest BCUT2D eigenvalue weighted by Gasteiger charge is 2.25. The molecule has 0 aliphatic carbocycles. The molecule has 0 saturated heterocycles. The number of aromatic nitrogens is 2. The largest absolute Gasteiger partial charge is 0.348 e. The van der Waals surface area contributed by atoms with Crippen LogP contribution in [0.3, 0.4) is 0 Å². The summed E-state index contributed by atoms with van der Waals surface area (Å²) >= 11 is 7.41. The van der Waals surface area contributed by atoms with Crippen molar-refractivity contribution in [2.75, 3.05) is 14.1 Å². The fraction of sp³-hybridized carbons (Fsp3) is 0.158. The summed E-state index contributed by atoms with van der Waals surface area (Å²) in [5.74, 6) is 0.0295. The number of likely N-dealkylation sites (N-methyl/N-ethyl adjacent to an activating group) is 1. The molecule has 128 valence electrons. The summed E-state index contributed by atoms with van der Waals surface area (Å²) in [5, 5.41) is 1.08. The van der Waals surface area contributed by atoms with Crippen LogP contribution in [0.5, 0.6) is 0 Å². The third-order valence-corrected chi connectivity index (χ3v) is 5.18. The minimum Gasteiger partial charge on any atom is -0.348 e. The molecule has 3 rings (SSSR count). The van der Waals surface area contributed by atoms with E-state index >= 15 is 0 Å². The average Bonchev–Trinajstić information content (AvgIpc) is 3.08. The van der Waals surface area contributed by atoms with Crippen LogP contribution in [0.2, 0.25) is 5.02 Å². The van der Waals surface area contributed by atoms with Crippen molar-refractivity contribution in [1.82, 2.24) is 14.5 Å². The lowest BCUT2D eigenvalue weighted by Gasteiger charge is -2.20. The van der Waals surface area contributed by atoms with E-state index in [4.69, 9.17) is 11.6 Å². The van der Waals surface area contributed by atoms with E-state index in [1.807, 2.05) is 65.4 Å². The van der Waals surface area contributed by atoms with Crippen LogP contribution in [0, 0.1) is 0 Å². The molecule has 1 heterocycles. The molecule has 6 heteroatoms. The first-order valence-corrected chi connectivity index (χ1v) is 9.04. The van der Waals surface area contributed by atoms with Crippen molar-refractivity contribution in [1.29, 1.82) is 0 Å². The topological polar surface area (TPSA) is 38.1 Å². The van der Waals surface area contributed by atoms with Crippen molar-refractivity contribution < 1.29 is 4.79 Å². The smallest absolute Gasteiger partial charge is 0.240 e. The van der Waals surface area contributed by atoms with E-state index < -0.39 is 0 Å². The Kier molecular flexibility index (Phi) is 5.46. The highest BCUT2D eigenvalue weighted by molar-refractivity contribution is 8.00. The van der Waals surface area contributed by atoms with Crippen LogP contribution in [-0.4, -0.2) is 34.5 Å². The SMILES string of the molecule is CN(C)C(=O)C(Sc1nccn1-c1ccc(Cl)cc1)c1ccccc1. The van der Waals surface area contributed by atoms with Crippen molar-refractivity contribution in [3.05, 3.63) is 77.6 Å². The summed E-state index contributed by atoms with van der Waals surface area (Å²) < 4.78 is 1.96. The monoisotopic (exact) mass is 371 g/mol. The number of benzene rings is 2. The molecule has 0 fully saturated rings. The zero-order chi connectivity index (χ0) is 17.8. The predicted molar refractivity (Wildman–Crippen MR) is 102 cm³/mol. The zero-order valence-electron chi connectivity index (χ0n) is 14.0. The van der Waals surface area contributed by atoms with Gasteiger partial charge in [-0.15, -0.1) is 0 Å². The predicted octanol–water partition coefficient (Wildman–Crippen LogP) is 4.45. The van der Waals surface area contributed by atoms with Crippen molar-refractivity contribution in [3.8, 4) is 5.69 Å². The van der Waals surface area contributed by atoms with Gasteiger partial charge < -0.3 is 4.90 Å². The van der Waals surface area contributed by atoms with Crippen molar-refractivity contribution in [3.63, 3.8) is 0 Å². The summed E-state index contributed by atoms with van der Waals surface area (Å²) in [4.78, 5) is 18.8. The van der Waals surface area contributed by atoms with Gasteiger partial charge in [-0.25, -0.2) is 4.98 Å². The second kappa shape index (κ2) is 7.76. The minimum absolute atomic E-state index is 0.0295. The van der Waals surface area contributed by atoms with E-state index in [1.165, 1.54) is 11.8 Å². The van der Waals surface area contributed by atoms with Gasteiger partial charge in [0.1, 0.15) is 5.25 Å². The molecule has 1 unspecified atom stereocenters. The number of hydrogen-bond donors (Lipinski definition) is 0. The van der Waals surface area contributed by atoms with Gasteiger partial charge in [-0.3, -0.25) is 9.36 Å². The lowest BCUT2D eigenvalue weighted by Crippen LogP contribution is -2.26. The number of carbonyl (C=O) groups excluding carboxylic acids is 1. The van der Waals surface area contributed by atoms with Crippen LogP contribution in [0.15, 0.2) is 72.1 Å². The molecule has 0 N–H and O–H groups in total. The molecule has 3 aromatic rings. The Morgan fingerprint density at radius 1 is 1.12 bits per heavy atom. The average molecular weight is 372 g/mol. The molecule has 0 saturated carbocycles. The van der Waals surface area contributed by atoms with Crippen LogP contribution in [0.1, 0.15) is 10.8 Å². The van der Waals surface area contributed by atoms with E-state index in [2.05, 4.69) is 4.98 Å². The lowest BCUT2D eigenvalue weighted by atomic mass is 10.1. The fourth-order valence-electron chi connectivity index (χ4n) is 2.40. The molecule has 0 aliphatic heterocycles.